The average molecular weight is 250 g/mol. The summed E-state index contributed by atoms with van der Waals surface area (Å²) in [5.41, 5.74) is 7.28. The lowest BCUT2D eigenvalue weighted by atomic mass is 10.0. The minimum Gasteiger partial charge on any atom is -0.394 e. The molecule has 0 aliphatic heterocycles. The number of hydrogen-bond acceptors (Lipinski definition) is 4. The highest BCUT2D eigenvalue weighted by Crippen LogP contribution is 2.27. The third-order valence-electron chi connectivity index (χ3n) is 2.42. The van der Waals surface area contributed by atoms with E-state index in [9.17, 15) is 0 Å². The zero-order valence-corrected chi connectivity index (χ0v) is 9.80. The summed E-state index contributed by atoms with van der Waals surface area (Å²) in [6.07, 6.45) is 3.30. The number of halogens is 1. The standard InChI is InChI=1S/C12H12ClN3O/c13-10-3-2-8(11(14)7-17)6-9(10)12-15-4-1-5-16-12/h1-6,11,17H,7,14H2/t11-/m1/s1. The zero-order chi connectivity index (χ0) is 12.3. The molecular weight excluding hydrogens is 238 g/mol. The summed E-state index contributed by atoms with van der Waals surface area (Å²) in [5.74, 6) is 0.546. The summed E-state index contributed by atoms with van der Waals surface area (Å²) in [7, 11) is 0. The van der Waals surface area contributed by atoms with Crippen LogP contribution in [0.5, 0.6) is 0 Å². The molecule has 0 saturated carbocycles. The van der Waals surface area contributed by atoms with Crippen LogP contribution < -0.4 is 5.73 Å². The molecule has 88 valence electrons. The van der Waals surface area contributed by atoms with Gasteiger partial charge in [-0.2, -0.15) is 0 Å². The summed E-state index contributed by atoms with van der Waals surface area (Å²) >= 11 is 6.10. The fourth-order valence-corrected chi connectivity index (χ4v) is 1.69. The molecule has 0 radical (unpaired) electrons. The average Bonchev–Trinajstić information content (AvgIpc) is 2.39. The molecule has 0 bridgehead atoms. The van der Waals surface area contributed by atoms with Crippen LogP contribution in [0.15, 0.2) is 36.7 Å². The Labute approximate surface area is 104 Å². The maximum atomic E-state index is 9.03. The van der Waals surface area contributed by atoms with Crippen LogP contribution in [0.2, 0.25) is 5.02 Å². The molecule has 3 N–H and O–H groups in total. The van der Waals surface area contributed by atoms with Crippen LogP contribution in [0.1, 0.15) is 11.6 Å². The molecule has 1 aromatic heterocycles. The monoisotopic (exact) mass is 249 g/mol. The Hall–Kier alpha value is -1.49. The molecule has 0 saturated heterocycles. The van der Waals surface area contributed by atoms with Gasteiger partial charge in [0.15, 0.2) is 5.82 Å². The van der Waals surface area contributed by atoms with Gasteiger partial charge in [0.05, 0.1) is 17.7 Å². The summed E-state index contributed by atoms with van der Waals surface area (Å²) < 4.78 is 0. The van der Waals surface area contributed by atoms with E-state index < -0.39 is 6.04 Å². The summed E-state index contributed by atoms with van der Waals surface area (Å²) in [4.78, 5) is 8.27. The maximum Gasteiger partial charge on any atom is 0.160 e. The van der Waals surface area contributed by atoms with E-state index >= 15 is 0 Å². The number of aromatic nitrogens is 2. The number of rotatable bonds is 3. The molecule has 2 rings (SSSR count). The predicted molar refractivity (Wildman–Crippen MR) is 66.5 cm³/mol. The Morgan fingerprint density at radius 2 is 2.00 bits per heavy atom. The quantitative estimate of drug-likeness (QED) is 0.870. The van der Waals surface area contributed by atoms with Crippen molar-refractivity contribution in [3.05, 3.63) is 47.2 Å². The molecule has 0 aliphatic carbocycles. The Morgan fingerprint density at radius 1 is 1.29 bits per heavy atom. The van der Waals surface area contributed by atoms with Gasteiger partial charge in [-0.1, -0.05) is 17.7 Å². The van der Waals surface area contributed by atoms with Gasteiger partial charge in [-0.25, -0.2) is 9.97 Å². The molecule has 5 heteroatoms. The minimum absolute atomic E-state index is 0.114. The van der Waals surface area contributed by atoms with Crippen molar-refractivity contribution in [1.29, 1.82) is 0 Å². The first-order valence-electron chi connectivity index (χ1n) is 5.15. The van der Waals surface area contributed by atoms with Gasteiger partial charge in [-0.05, 0) is 23.8 Å². The van der Waals surface area contributed by atoms with Crippen molar-refractivity contribution in [1.82, 2.24) is 9.97 Å². The Morgan fingerprint density at radius 3 is 2.65 bits per heavy atom. The van der Waals surface area contributed by atoms with Gasteiger partial charge in [-0.15, -0.1) is 0 Å². The number of nitrogens with two attached hydrogens (primary N) is 1. The lowest BCUT2D eigenvalue weighted by Gasteiger charge is -2.11. The lowest BCUT2D eigenvalue weighted by Crippen LogP contribution is -2.14. The molecule has 0 unspecified atom stereocenters. The maximum absolute atomic E-state index is 9.03. The smallest absolute Gasteiger partial charge is 0.160 e. The molecule has 0 spiro atoms. The summed E-state index contributed by atoms with van der Waals surface area (Å²) in [6, 6.07) is 6.64. The first-order chi connectivity index (χ1) is 8.22. The normalized spacial score (nSPS) is 12.4. The van der Waals surface area contributed by atoms with Gasteiger partial charge < -0.3 is 10.8 Å². The molecule has 2 aromatic rings. The first-order valence-corrected chi connectivity index (χ1v) is 5.53. The third-order valence-corrected chi connectivity index (χ3v) is 2.75. The van der Waals surface area contributed by atoms with E-state index in [0.29, 0.717) is 16.4 Å². The van der Waals surface area contributed by atoms with Crippen LogP contribution in [0.3, 0.4) is 0 Å². The van der Waals surface area contributed by atoms with E-state index in [2.05, 4.69) is 9.97 Å². The molecule has 0 fully saturated rings. The fourth-order valence-electron chi connectivity index (χ4n) is 1.49. The van der Waals surface area contributed by atoms with Crippen LogP contribution in [0.4, 0.5) is 0 Å². The number of aliphatic hydroxyl groups is 1. The van der Waals surface area contributed by atoms with Crippen molar-refractivity contribution in [3.63, 3.8) is 0 Å². The largest absolute Gasteiger partial charge is 0.394 e. The SMILES string of the molecule is N[C@H](CO)c1ccc(Cl)c(-c2ncccn2)c1. The Balaban J connectivity index is 2.47. The molecular formula is C12H12ClN3O. The summed E-state index contributed by atoms with van der Waals surface area (Å²) in [6.45, 7) is -0.114. The van der Waals surface area contributed by atoms with E-state index in [-0.39, 0.29) is 6.61 Å². The third kappa shape index (κ3) is 2.61. The number of benzene rings is 1. The molecule has 1 atom stereocenters. The molecule has 0 aliphatic rings. The highest BCUT2D eigenvalue weighted by molar-refractivity contribution is 6.33. The van der Waals surface area contributed by atoms with Gasteiger partial charge in [0, 0.05) is 18.0 Å². The van der Waals surface area contributed by atoms with Crippen molar-refractivity contribution in [2.24, 2.45) is 5.73 Å². The Kier molecular flexibility index (Phi) is 3.68. The van der Waals surface area contributed by atoms with E-state index in [0.717, 1.165) is 5.56 Å². The van der Waals surface area contributed by atoms with E-state index in [1.54, 1.807) is 36.7 Å². The van der Waals surface area contributed by atoms with Crippen molar-refractivity contribution in [2.45, 2.75) is 6.04 Å². The van der Waals surface area contributed by atoms with Crippen LogP contribution >= 0.6 is 11.6 Å². The molecule has 0 amide bonds. The van der Waals surface area contributed by atoms with Crippen molar-refractivity contribution >= 4 is 11.6 Å². The minimum atomic E-state index is -0.422. The highest BCUT2D eigenvalue weighted by atomic mass is 35.5. The van der Waals surface area contributed by atoms with Crippen LogP contribution in [0.25, 0.3) is 11.4 Å². The van der Waals surface area contributed by atoms with Crippen LogP contribution in [-0.4, -0.2) is 21.7 Å². The van der Waals surface area contributed by atoms with Crippen molar-refractivity contribution < 1.29 is 5.11 Å². The first kappa shape index (κ1) is 12.0. The fraction of sp³-hybridized carbons (Fsp3) is 0.167. The van der Waals surface area contributed by atoms with Gasteiger partial charge in [0.2, 0.25) is 0 Å². The molecule has 4 nitrogen and oxygen atoms in total. The second-order valence-corrected chi connectivity index (χ2v) is 4.01. The number of hydrogen-bond donors (Lipinski definition) is 2. The highest BCUT2D eigenvalue weighted by Gasteiger charge is 2.10. The lowest BCUT2D eigenvalue weighted by molar-refractivity contribution is 0.268. The van der Waals surface area contributed by atoms with Crippen molar-refractivity contribution in [3.8, 4) is 11.4 Å². The van der Waals surface area contributed by atoms with Crippen molar-refractivity contribution in [2.75, 3.05) is 6.61 Å². The second-order valence-electron chi connectivity index (χ2n) is 3.60. The van der Waals surface area contributed by atoms with Gasteiger partial charge in [0.1, 0.15) is 0 Å². The van der Waals surface area contributed by atoms with Crippen LogP contribution in [-0.2, 0) is 0 Å². The number of aliphatic hydroxyl groups excluding tert-OH is 1. The second kappa shape index (κ2) is 5.23. The summed E-state index contributed by atoms with van der Waals surface area (Å²) in [5, 5.41) is 9.59. The zero-order valence-electron chi connectivity index (χ0n) is 9.05. The predicted octanol–water partition coefficient (Wildman–Crippen LogP) is 1.79. The van der Waals surface area contributed by atoms with E-state index in [4.69, 9.17) is 22.4 Å². The van der Waals surface area contributed by atoms with E-state index in [1.807, 2.05) is 0 Å². The number of nitrogens with zero attached hydrogens (tertiary/aromatic N) is 2. The molecule has 1 heterocycles. The van der Waals surface area contributed by atoms with Gasteiger partial charge in [-0.3, -0.25) is 0 Å². The topological polar surface area (TPSA) is 72.0 Å². The molecule has 17 heavy (non-hydrogen) atoms. The van der Waals surface area contributed by atoms with Gasteiger partial charge >= 0.3 is 0 Å². The van der Waals surface area contributed by atoms with Gasteiger partial charge in [0.25, 0.3) is 0 Å². The molecule has 1 aromatic carbocycles. The van der Waals surface area contributed by atoms with E-state index in [1.165, 1.54) is 0 Å². The Bertz CT molecular complexity index is 504. The van der Waals surface area contributed by atoms with Crippen LogP contribution in [0, 0.1) is 0 Å².